The lowest BCUT2D eigenvalue weighted by molar-refractivity contribution is 0.391. The maximum atomic E-state index is 4.82. The lowest BCUT2D eigenvalue weighted by Crippen LogP contribution is -1.89. The molecule has 1 aromatic heterocycles. The van der Waals surface area contributed by atoms with Crippen LogP contribution in [0.15, 0.2) is 12.3 Å². The van der Waals surface area contributed by atoms with E-state index in [1.165, 1.54) is 0 Å². The minimum absolute atomic E-state index is 0.557. The van der Waals surface area contributed by atoms with Crippen molar-refractivity contribution in [1.29, 1.82) is 0 Å². The molecule has 0 spiro atoms. The number of methoxy groups -OCH3 is 1. The van der Waals surface area contributed by atoms with Crippen LogP contribution >= 0.6 is 22.6 Å². The average molecular weight is 236 g/mol. The van der Waals surface area contributed by atoms with E-state index in [1.807, 2.05) is 6.07 Å². The first-order chi connectivity index (χ1) is 4.33. The van der Waals surface area contributed by atoms with Gasteiger partial charge in [-0.2, -0.15) is 5.10 Å². The number of halogens is 1. The SMILES string of the molecule is COc1cc(I)cnn1. The molecule has 0 saturated carbocycles. The number of hydrogen-bond donors (Lipinski definition) is 0. The molecule has 0 fully saturated rings. The molecule has 0 bridgehead atoms. The van der Waals surface area contributed by atoms with Crippen LogP contribution in [0.4, 0.5) is 0 Å². The summed E-state index contributed by atoms with van der Waals surface area (Å²) in [7, 11) is 1.57. The van der Waals surface area contributed by atoms with Crippen molar-refractivity contribution in [2.45, 2.75) is 0 Å². The standard InChI is InChI=1S/C5H5IN2O/c1-9-5-2-4(6)3-7-8-5/h2-3H,1H3. The fourth-order valence-electron chi connectivity index (χ4n) is 0.425. The van der Waals surface area contributed by atoms with Gasteiger partial charge in [0.2, 0.25) is 5.88 Å². The summed E-state index contributed by atoms with van der Waals surface area (Å²) in [4.78, 5) is 0. The van der Waals surface area contributed by atoms with Crippen molar-refractivity contribution < 1.29 is 4.74 Å². The summed E-state index contributed by atoms with van der Waals surface area (Å²) in [6, 6.07) is 1.81. The van der Waals surface area contributed by atoms with E-state index in [9.17, 15) is 0 Å². The van der Waals surface area contributed by atoms with Crippen molar-refractivity contribution in [3.63, 3.8) is 0 Å². The molecule has 0 aliphatic carbocycles. The highest BCUT2D eigenvalue weighted by atomic mass is 127. The summed E-state index contributed by atoms with van der Waals surface area (Å²) >= 11 is 2.15. The molecule has 1 aromatic rings. The molecule has 0 aliphatic heterocycles. The van der Waals surface area contributed by atoms with Crippen LogP contribution in [0.5, 0.6) is 5.88 Å². The van der Waals surface area contributed by atoms with Gasteiger partial charge in [0.05, 0.1) is 13.3 Å². The molecule has 3 nitrogen and oxygen atoms in total. The van der Waals surface area contributed by atoms with E-state index in [2.05, 4.69) is 32.8 Å². The molecule has 0 atom stereocenters. The lowest BCUT2D eigenvalue weighted by Gasteiger charge is -1.94. The first kappa shape index (κ1) is 6.73. The second-order valence-corrected chi connectivity index (χ2v) is 2.66. The Balaban J connectivity index is 2.94. The summed E-state index contributed by atoms with van der Waals surface area (Å²) in [6.45, 7) is 0. The van der Waals surface area contributed by atoms with E-state index < -0.39 is 0 Å². The van der Waals surface area contributed by atoms with Gasteiger partial charge in [0, 0.05) is 9.64 Å². The molecular weight excluding hydrogens is 231 g/mol. The van der Waals surface area contributed by atoms with Crippen LogP contribution in [0.25, 0.3) is 0 Å². The van der Waals surface area contributed by atoms with E-state index in [0.29, 0.717) is 5.88 Å². The predicted molar refractivity (Wildman–Crippen MR) is 41.3 cm³/mol. The Morgan fingerprint density at radius 1 is 1.67 bits per heavy atom. The minimum atomic E-state index is 0.557. The Kier molecular flexibility index (Phi) is 2.21. The van der Waals surface area contributed by atoms with Crippen LogP contribution in [0.2, 0.25) is 0 Å². The van der Waals surface area contributed by atoms with Crippen molar-refractivity contribution in [2.24, 2.45) is 0 Å². The Morgan fingerprint density at radius 2 is 2.44 bits per heavy atom. The fraction of sp³-hybridized carbons (Fsp3) is 0.200. The summed E-state index contributed by atoms with van der Waals surface area (Å²) in [6.07, 6.45) is 1.67. The van der Waals surface area contributed by atoms with Crippen molar-refractivity contribution in [3.05, 3.63) is 15.8 Å². The van der Waals surface area contributed by atoms with Crippen molar-refractivity contribution >= 4 is 22.6 Å². The largest absolute Gasteiger partial charge is 0.480 e. The summed E-state index contributed by atoms with van der Waals surface area (Å²) < 4.78 is 5.84. The number of aromatic nitrogens is 2. The molecule has 1 rings (SSSR count). The van der Waals surface area contributed by atoms with Gasteiger partial charge < -0.3 is 4.74 Å². The maximum Gasteiger partial charge on any atom is 0.234 e. The molecule has 9 heavy (non-hydrogen) atoms. The van der Waals surface area contributed by atoms with Gasteiger partial charge in [-0.15, -0.1) is 5.10 Å². The molecular formula is C5H5IN2O. The first-order valence-corrected chi connectivity index (χ1v) is 3.43. The molecule has 0 unspecified atom stereocenters. The minimum Gasteiger partial charge on any atom is -0.480 e. The molecule has 0 saturated heterocycles. The van der Waals surface area contributed by atoms with Crippen molar-refractivity contribution in [3.8, 4) is 5.88 Å². The van der Waals surface area contributed by atoms with Gasteiger partial charge in [-0.1, -0.05) is 0 Å². The van der Waals surface area contributed by atoms with E-state index in [1.54, 1.807) is 13.3 Å². The van der Waals surface area contributed by atoms with E-state index in [-0.39, 0.29) is 0 Å². The zero-order valence-electron chi connectivity index (χ0n) is 4.84. The quantitative estimate of drug-likeness (QED) is 0.684. The monoisotopic (exact) mass is 236 g/mol. The van der Waals surface area contributed by atoms with Gasteiger partial charge in [0.25, 0.3) is 0 Å². The second kappa shape index (κ2) is 2.95. The number of hydrogen-bond acceptors (Lipinski definition) is 3. The smallest absolute Gasteiger partial charge is 0.234 e. The molecule has 4 heteroatoms. The predicted octanol–water partition coefficient (Wildman–Crippen LogP) is 1.09. The first-order valence-electron chi connectivity index (χ1n) is 2.35. The zero-order valence-corrected chi connectivity index (χ0v) is 6.99. The van der Waals surface area contributed by atoms with E-state index >= 15 is 0 Å². The number of ether oxygens (including phenoxy) is 1. The molecule has 0 N–H and O–H groups in total. The molecule has 0 radical (unpaired) electrons. The third kappa shape index (κ3) is 1.78. The fourth-order valence-corrected chi connectivity index (χ4v) is 0.816. The molecule has 0 aliphatic rings. The normalized spacial score (nSPS) is 9.11. The summed E-state index contributed by atoms with van der Waals surface area (Å²) in [5, 5.41) is 7.35. The Labute approximate surface area is 66.6 Å². The molecule has 0 aromatic carbocycles. The van der Waals surface area contributed by atoms with E-state index in [4.69, 9.17) is 4.74 Å². The average Bonchev–Trinajstić information content (AvgIpc) is 1.88. The molecule has 1 heterocycles. The van der Waals surface area contributed by atoms with Crippen LogP contribution in [-0.2, 0) is 0 Å². The van der Waals surface area contributed by atoms with Crippen LogP contribution < -0.4 is 4.74 Å². The summed E-state index contributed by atoms with van der Waals surface area (Å²) in [5.41, 5.74) is 0. The third-order valence-electron chi connectivity index (χ3n) is 0.808. The number of rotatable bonds is 1. The van der Waals surface area contributed by atoms with Gasteiger partial charge >= 0.3 is 0 Å². The highest BCUT2D eigenvalue weighted by molar-refractivity contribution is 14.1. The van der Waals surface area contributed by atoms with Crippen molar-refractivity contribution in [2.75, 3.05) is 7.11 Å². The molecule has 0 amide bonds. The van der Waals surface area contributed by atoms with Gasteiger partial charge in [-0.05, 0) is 22.6 Å². The van der Waals surface area contributed by atoms with Crippen LogP contribution in [-0.4, -0.2) is 17.3 Å². The highest BCUT2D eigenvalue weighted by Crippen LogP contribution is 2.07. The zero-order chi connectivity index (χ0) is 6.69. The lowest BCUT2D eigenvalue weighted by atomic mass is 10.6. The second-order valence-electron chi connectivity index (χ2n) is 1.42. The van der Waals surface area contributed by atoms with Gasteiger partial charge in [-0.3, -0.25) is 0 Å². The highest BCUT2D eigenvalue weighted by Gasteiger charge is 1.91. The Bertz CT molecular complexity index is 204. The summed E-state index contributed by atoms with van der Waals surface area (Å²) in [5.74, 6) is 0.557. The van der Waals surface area contributed by atoms with Crippen LogP contribution in [0, 0.1) is 3.57 Å². The number of nitrogens with zero attached hydrogens (tertiary/aromatic N) is 2. The molecule has 48 valence electrons. The van der Waals surface area contributed by atoms with Gasteiger partial charge in [0.15, 0.2) is 0 Å². The Morgan fingerprint density at radius 3 is 2.89 bits per heavy atom. The van der Waals surface area contributed by atoms with Gasteiger partial charge in [-0.25, -0.2) is 0 Å². The topological polar surface area (TPSA) is 35.0 Å². The van der Waals surface area contributed by atoms with Gasteiger partial charge in [0.1, 0.15) is 0 Å². The van der Waals surface area contributed by atoms with E-state index in [0.717, 1.165) is 3.57 Å². The van der Waals surface area contributed by atoms with Crippen LogP contribution in [0.3, 0.4) is 0 Å². The third-order valence-corrected chi connectivity index (χ3v) is 1.40. The van der Waals surface area contributed by atoms with Crippen LogP contribution in [0.1, 0.15) is 0 Å². The Hall–Kier alpha value is -0.390. The maximum absolute atomic E-state index is 4.82. The van der Waals surface area contributed by atoms with Crippen molar-refractivity contribution in [1.82, 2.24) is 10.2 Å².